The van der Waals surface area contributed by atoms with E-state index in [1.54, 1.807) is 19.1 Å². The van der Waals surface area contributed by atoms with E-state index >= 15 is 0 Å². The van der Waals surface area contributed by atoms with E-state index in [0.29, 0.717) is 32.7 Å². The minimum Gasteiger partial charge on any atom is -0.457 e. The van der Waals surface area contributed by atoms with E-state index in [0.717, 1.165) is 54.7 Å². The van der Waals surface area contributed by atoms with Crippen molar-refractivity contribution in [3.63, 3.8) is 0 Å². The summed E-state index contributed by atoms with van der Waals surface area (Å²) < 4.78 is 22.8. The lowest BCUT2D eigenvalue weighted by Crippen LogP contribution is -2.55. The van der Waals surface area contributed by atoms with Gasteiger partial charge in [-0.15, -0.1) is 0 Å². The Balaban J connectivity index is 1.41. The highest BCUT2D eigenvalue weighted by Gasteiger charge is 2.45. The number of carbonyl (C=O) groups is 3. The first-order chi connectivity index (χ1) is 22.6. The molecule has 0 aliphatic carbocycles. The molecule has 3 aliphatic heterocycles. The Labute approximate surface area is 279 Å². The number of likely N-dealkylation sites (tertiary alicyclic amines) is 2. The average Bonchev–Trinajstić information content (AvgIpc) is 3.52. The van der Waals surface area contributed by atoms with Gasteiger partial charge in [0.25, 0.3) is 0 Å². The highest BCUT2D eigenvalue weighted by molar-refractivity contribution is 5.85. The van der Waals surface area contributed by atoms with Crippen molar-refractivity contribution < 1.29 is 33.3 Å². The fourth-order valence-electron chi connectivity index (χ4n) is 7.44. The lowest BCUT2D eigenvalue weighted by Gasteiger charge is -2.42. The van der Waals surface area contributed by atoms with E-state index in [2.05, 4.69) is 17.4 Å². The van der Waals surface area contributed by atoms with E-state index in [9.17, 15) is 14.4 Å². The molecule has 2 fully saturated rings. The zero-order valence-electron chi connectivity index (χ0n) is 28.6. The Morgan fingerprint density at radius 1 is 0.936 bits per heavy atom. The predicted octanol–water partition coefficient (Wildman–Crippen LogP) is 5.52. The lowest BCUT2D eigenvalue weighted by molar-refractivity contribution is -0.141. The maximum Gasteiger partial charge on any atom is 0.410 e. The highest BCUT2D eigenvalue weighted by Crippen LogP contribution is 2.50. The van der Waals surface area contributed by atoms with Crippen molar-refractivity contribution in [1.82, 2.24) is 15.1 Å². The summed E-state index contributed by atoms with van der Waals surface area (Å²) >= 11 is 0. The number of unbranched alkanes of at least 4 members (excludes halogenated alkanes) is 1. The van der Waals surface area contributed by atoms with Crippen molar-refractivity contribution in [3.05, 3.63) is 59.7 Å². The Morgan fingerprint density at radius 3 is 2.23 bits per heavy atom. The van der Waals surface area contributed by atoms with Crippen molar-refractivity contribution in [3.8, 4) is 11.5 Å². The quantitative estimate of drug-likeness (QED) is 0.320. The third-order valence-electron chi connectivity index (χ3n) is 9.63. The number of benzene rings is 2. The number of rotatable bonds is 11. The molecule has 47 heavy (non-hydrogen) atoms. The molecule has 2 aromatic rings. The highest BCUT2D eigenvalue weighted by atomic mass is 16.6. The summed E-state index contributed by atoms with van der Waals surface area (Å²) in [6.07, 6.45) is 4.18. The molecule has 0 unspecified atom stereocenters. The normalized spacial score (nSPS) is 21.8. The maximum absolute atomic E-state index is 14.2. The molecule has 1 N–H and O–H groups in total. The SMILES string of the molecule is COCCCCC1(CNC(=O)[C@H]2C[C@@H](C(=O)N3CCC[C@@H]3COC)CN(C(=O)OC(C)(C)C)C2)c2ccccc2Oc2ccccc21. The van der Waals surface area contributed by atoms with E-state index in [4.69, 9.17) is 18.9 Å². The number of methoxy groups -OCH3 is 2. The van der Waals surface area contributed by atoms with E-state index in [-0.39, 0.29) is 30.9 Å². The molecule has 0 saturated carbocycles. The van der Waals surface area contributed by atoms with Gasteiger partial charge in [-0.2, -0.15) is 0 Å². The summed E-state index contributed by atoms with van der Waals surface area (Å²) in [5.41, 5.74) is 0.818. The number of nitrogens with zero attached hydrogens (tertiary/aromatic N) is 2. The van der Waals surface area contributed by atoms with Crippen molar-refractivity contribution in [1.29, 1.82) is 0 Å². The molecule has 3 heterocycles. The van der Waals surface area contributed by atoms with Gasteiger partial charge in [-0.1, -0.05) is 36.4 Å². The Hall–Kier alpha value is -3.63. The molecule has 2 aromatic carbocycles. The second-order valence-electron chi connectivity index (χ2n) is 14.1. The summed E-state index contributed by atoms with van der Waals surface area (Å²) in [5.74, 6) is 0.258. The number of piperidine rings is 1. The molecule has 0 spiro atoms. The number of hydrogen-bond donors (Lipinski definition) is 1. The summed E-state index contributed by atoms with van der Waals surface area (Å²) in [7, 11) is 3.35. The first-order valence-corrected chi connectivity index (χ1v) is 17.0. The van der Waals surface area contributed by atoms with Gasteiger partial charge in [-0.25, -0.2) is 4.79 Å². The summed E-state index contributed by atoms with van der Waals surface area (Å²) in [6, 6.07) is 16.1. The van der Waals surface area contributed by atoms with Crippen LogP contribution in [0.25, 0.3) is 0 Å². The van der Waals surface area contributed by atoms with Crippen molar-refractivity contribution >= 4 is 17.9 Å². The fraction of sp³-hybridized carbons (Fsp3) is 0.595. The van der Waals surface area contributed by atoms with Crippen LogP contribution in [0.15, 0.2) is 48.5 Å². The third kappa shape index (κ3) is 7.92. The van der Waals surface area contributed by atoms with Gasteiger partial charge in [0, 0.05) is 63.5 Å². The van der Waals surface area contributed by atoms with Gasteiger partial charge >= 0.3 is 6.09 Å². The topological polar surface area (TPSA) is 107 Å². The number of nitrogens with one attached hydrogen (secondary N) is 1. The molecule has 3 amide bonds. The Kier molecular flexibility index (Phi) is 11.1. The van der Waals surface area contributed by atoms with Crippen LogP contribution in [0.3, 0.4) is 0 Å². The van der Waals surface area contributed by atoms with Crippen molar-refractivity contribution in [2.75, 3.05) is 53.6 Å². The molecule has 10 heteroatoms. The number of para-hydroxylation sites is 2. The van der Waals surface area contributed by atoms with Crippen LogP contribution in [0.4, 0.5) is 4.79 Å². The van der Waals surface area contributed by atoms with Crippen LogP contribution in [0.1, 0.15) is 70.4 Å². The van der Waals surface area contributed by atoms with E-state index in [1.165, 1.54) is 0 Å². The Morgan fingerprint density at radius 2 is 1.60 bits per heavy atom. The van der Waals surface area contributed by atoms with Gasteiger partial charge < -0.3 is 34.1 Å². The van der Waals surface area contributed by atoms with Crippen LogP contribution >= 0.6 is 0 Å². The molecule has 2 saturated heterocycles. The van der Waals surface area contributed by atoms with Crippen LogP contribution in [0.2, 0.25) is 0 Å². The van der Waals surface area contributed by atoms with Gasteiger partial charge in [0.05, 0.1) is 24.5 Å². The van der Waals surface area contributed by atoms with Gasteiger partial charge in [-0.05, 0) is 71.4 Å². The Bertz CT molecular complexity index is 1360. The molecule has 10 nitrogen and oxygen atoms in total. The first kappa shape index (κ1) is 34.7. The number of amides is 3. The van der Waals surface area contributed by atoms with Crippen LogP contribution < -0.4 is 10.1 Å². The molecule has 0 bridgehead atoms. The molecule has 256 valence electrons. The van der Waals surface area contributed by atoms with E-state index < -0.39 is 28.9 Å². The van der Waals surface area contributed by atoms with Gasteiger partial charge in [-0.3, -0.25) is 9.59 Å². The van der Waals surface area contributed by atoms with Crippen LogP contribution in [-0.4, -0.2) is 93.0 Å². The van der Waals surface area contributed by atoms with Gasteiger partial charge in [0.15, 0.2) is 0 Å². The van der Waals surface area contributed by atoms with E-state index in [1.807, 2.05) is 62.1 Å². The van der Waals surface area contributed by atoms with Crippen LogP contribution in [0, 0.1) is 11.8 Å². The monoisotopic (exact) mass is 649 g/mol. The molecule has 5 rings (SSSR count). The zero-order valence-corrected chi connectivity index (χ0v) is 28.6. The first-order valence-electron chi connectivity index (χ1n) is 17.0. The molecular weight excluding hydrogens is 598 g/mol. The fourth-order valence-corrected chi connectivity index (χ4v) is 7.44. The summed E-state index contributed by atoms with van der Waals surface area (Å²) in [5, 5.41) is 3.30. The van der Waals surface area contributed by atoms with Crippen LogP contribution in [0.5, 0.6) is 11.5 Å². The molecule has 3 aliphatic rings. The predicted molar refractivity (Wildman–Crippen MR) is 178 cm³/mol. The smallest absolute Gasteiger partial charge is 0.410 e. The average molecular weight is 650 g/mol. The number of fused-ring (bicyclic) bond motifs is 2. The third-order valence-corrected chi connectivity index (χ3v) is 9.63. The number of hydrogen-bond acceptors (Lipinski definition) is 7. The lowest BCUT2D eigenvalue weighted by atomic mass is 9.69. The second kappa shape index (κ2) is 15.1. The minimum absolute atomic E-state index is 0.00306. The van der Waals surface area contributed by atoms with Gasteiger partial charge in [0.1, 0.15) is 17.1 Å². The van der Waals surface area contributed by atoms with Crippen LogP contribution in [-0.2, 0) is 29.2 Å². The number of ether oxygens (including phenoxy) is 4. The summed E-state index contributed by atoms with van der Waals surface area (Å²) in [6.45, 7) is 7.97. The number of carbonyl (C=O) groups excluding carboxylic acids is 3. The van der Waals surface area contributed by atoms with Crippen molar-refractivity contribution in [2.45, 2.75) is 76.4 Å². The second-order valence-corrected chi connectivity index (χ2v) is 14.1. The maximum atomic E-state index is 14.2. The standard InChI is InChI=1S/C37H51N3O7/c1-36(2,3)47-35(43)39-22-26(21-27(23-39)34(42)40-19-12-13-28(40)24-45-5)33(41)38-25-37(18-10-11-20-44-4)29-14-6-8-16-31(29)46-32-17-9-7-15-30(32)37/h6-9,14-17,26-28H,10-13,18-25H2,1-5H3,(H,38,41)/t26-,27+,28+/m0/s1. The summed E-state index contributed by atoms with van der Waals surface area (Å²) in [4.78, 5) is 44.9. The zero-order chi connectivity index (χ0) is 33.6. The van der Waals surface area contributed by atoms with Gasteiger partial charge in [0.2, 0.25) is 11.8 Å². The molecule has 0 radical (unpaired) electrons. The molecule has 3 atom stereocenters. The van der Waals surface area contributed by atoms with Crippen molar-refractivity contribution in [2.24, 2.45) is 11.8 Å². The molecular formula is C37H51N3O7. The minimum atomic E-state index is -0.705. The molecule has 0 aromatic heterocycles. The largest absolute Gasteiger partial charge is 0.457 e.